The summed E-state index contributed by atoms with van der Waals surface area (Å²) in [6.07, 6.45) is 6.01. The molecule has 0 aromatic heterocycles. The molecule has 1 saturated heterocycles. The first-order valence-electron chi connectivity index (χ1n) is 5.39. The van der Waals surface area contributed by atoms with E-state index in [-0.39, 0.29) is 0 Å². The van der Waals surface area contributed by atoms with Gasteiger partial charge in [-0.3, -0.25) is 0 Å². The number of thioether (sulfide) groups is 1. The van der Waals surface area contributed by atoms with Crippen molar-refractivity contribution in [3.05, 3.63) is 0 Å². The van der Waals surface area contributed by atoms with E-state index in [0.717, 1.165) is 6.61 Å². The highest BCUT2D eigenvalue weighted by molar-refractivity contribution is 8.00. The molecule has 1 fully saturated rings. The second-order valence-electron chi connectivity index (χ2n) is 4.48. The average molecular weight is 202 g/mol. The molecule has 0 spiro atoms. The van der Waals surface area contributed by atoms with Crippen molar-refractivity contribution >= 4 is 11.8 Å². The second-order valence-corrected chi connectivity index (χ2v) is 6.21. The molecule has 0 aromatic carbocycles. The van der Waals surface area contributed by atoms with E-state index < -0.39 is 0 Å². The van der Waals surface area contributed by atoms with Gasteiger partial charge in [0, 0.05) is 10.5 Å². The molecule has 0 N–H and O–H groups in total. The molecule has 78 valence electrons. The van der Waals surface area contributed by atoms with E-state index in [1.54, 1.807) is 0 Å². The van der Waals surface area contributed by atoms with Gasteiger partial charge in [0.15, 0.2) is 0 Å². The Labute approximate surface area is 86.6 Å². The van der Waals surface area contributed by atoms with E-state index in [0.29, 0.717) is 10.9 Å². The van der Waals surface area contributed by atoms with E-state index in [4.69, 9.17) is 4.74 Å². The van der Waals surface area contributed by atoms with Crippen LogP contribution in [-0.4, -0.2) is 23.2 Å². The first kappa shape index (κ1) is 11.4. The lowest BCUT2D eigenvalue weighted by atomic mass is 10.0. The Bertz CT molecular complexity index is 141. The Morgan fingerprint density at radius 1 is 1.38 bits per heavy atom. The van der Waals surface area contributed by atoms with Gasteiger partial charge >= 0.3 is 0 Å². The molecule has 1 rings (SSSR count). The van der Waals surface area contributed by atoms with Gasteiger partial charge < -0.3 is 4.74 Å². The minimum atomic E-state index is 0.459. The van der Waals surface area contributed by atoms with Crippen molar-refractivity contribution in [2.45, 2.75) is 57.3 Å². The number of ether oxygens (including phenoxy) is 1. The van der Waals surface area contributed by atoms with Crippen LogP contribution in [0.3, 0.4) is 0 Å². The lowest BCUT2D eigenvalue weighted by molar-refractivity contribution is 0.425. The molecule has 1 heterocycles. The fraction of sp³-hybridized carbons (Fsp3) is 1.00. The standard InChI is InChI=1S/C11H22OS/c1-4-5-6-7-11(2,3)13-9-10-8-12-10/h10H,4-9H2,1-3H3. The molecule has 0 saturated carbocycles. The van der Waals surface area contributed by atoms with Crippen molar-refractivity contribution in [1.82, 2.24) is 0 Å². The van der Waals surface area contributed by atoms with Crippen molar-refractivity contribution in [2.75, 3.05) is 12.4 Å². The van der Waals surface area contributed by atoms with Crippen LogP contribution in [-0.2, 0) is 4.74 Å². The lowest BCUT2D eigenvalue weighted by Crippen LogP contribution is -2.16. The summed E-state index contributed by atoms with van der Waals surface area (Å²) < 4.78 is 5.67. The zero-order valence-corrected chi connectivity index (χ0v) is 9.95. The molecule has 1 nitrogen and oxygen atoms in total. The summed E-state index contributed by atoms with van der Waals surface area (Å²) in [4.78, 5) is 0. The van der Waals surface area contributed by atoms with Crippen molar-refractivity contribution in [3.63, 3.8) is 0 Å². The highest BCUT2D eigenvalue weighted by atomic mass is 32.2. The number of unbranched alkanes of at least 4 members (excludes halogenated alkanes) is 2. The fourth-order valence-electron chi connectivity index (χ4n) is 1.36. The normalized spacial score (nSPS) is 21.9. The van der Waals surface area contributed by atoms with Gasteiger partial charge in [-0.2, -0.15) is 11.8 Å². The smallest absolute Gasteiger partial charge is 0.0900 e. The molecular weight excluding hydrogens is 180 g/mol. The van der Waals surface area contributed by atoms with Gasteiger partial charge in [0.2, 0.25) is 0 Å². The summed E-state index contributed by atoms with van der Waals surface area (Å²) in [7, 11) is 0. The molecule has 1 unspecified atom stereocenters. The van der Waals surface area contributed by atoms with Crippen LogP contribution in [0.25, 0.3) is 0 Å². The molecule has 1 aliphatic rings. The van der Waals surface area contributed by atoms with Gasteiger partial charge in [-0.05, 0) is 6.42 Å². The van der Waals surface area contributed by atoms with Gasteiger partial charge in [-0.25, -0.2) is 0 Å². The molecule has 0 aliphatic carbocycles. The van der Waals surface area contributed by atoms with E-state index in [2.05, 4.69) is 32.5 Å². The maximum absolute atomic E-state index is 5.21. The summed E-state index contributed by atoms with van der Waals surface area (Å²) >= 11 is 2.07. The van der Waals surface area contributed by atoms with Crippen LogP contribution in [0.4, 0.5) is 0 Å². The third-order valence-electron chi connectivity index (χ3n) is 2.44. The van der Waals surface area contributed by atoms with Crippen LogP contribution in [0, 0.1) is 0 Å². The maximum Gasteiger partial charge on any atom is 0.0900 e. The minimum Gasteiger partial charge on any atom is -0.372 e. The molecule has 0 amide bonds. The molecule has 0 bridgehead atoms. The Balaban J connectivity index is 2.03. The van der Waals surface area contributed by atoms with Gasteiger partial charge in [-0.15, -0.1) is 0 Å². The average Bonchev–Trinajstić information content (AvgIpc) is 2.84. The van der Waals surface area contributed by atoms with Crippen LogP contribution in [0.1, 0.15) is 46.5 Å². The summed E-state index contributed by atoms with van der Waals surface area (Å²) in [6.45, 7) is 7.97. The number of rotatable bonds is 7. The van der Waals surface area contributed by atoms with Crippen molar-refractivity contribution in [3.8, 4) is 0 Å². The third-order valence-corrected chi connectivity index (χ3v) is 3.97. The Morgan fingerprint density at radius 2 is 2.08 bits per heavy atom. The largest absolute Gasteiger partial charge is 0.372 e. The summed E-state index contributed by atoms with van der Waals surface area (Å²) in [6, 6.07) is 0. The highest BCUT2D eigenvalue weighted by Crippen LogP contribution is 2.32. The molecule has 1 atom stereocenters. The van der Waals surface area contributed by atoms with Crippen LogP contribution >= 0.6 is 11.8 Å². The van der Waals surface area contributed by atoms with Crippen LogP contribution in [0.2, 0.25) is 0 Å². The van der Waals surface area contributed by atoms with Gasteiger partial charge in [-0.1, -0.05) is 40.0 Å². The summed E-state index contributed by atoms with van der Waals surface area (Å²) in [5, 5.41) is 0. The molecule has 0 aromatic rings. The van der Waals surface area contributed by atoms with Crippen molar-refractivity contribution < 1.29 is 4.74 Å². The number of hydrogen-bond donors (Lipinski definition) is 0. The Kier molecular flexibility index (Phi) is 4.60. The maximum atomic E-state index is 5.21. The van der Waals surface area contributed by atoms with E-state index in [1.807, 2.05) is 0 Å². The predicted octanol–water partition coefficient (Wildman–Crippen LogP) is 3.48. The third kappa shape index (κ3) is 5.58. The molecule has 13 heavy (non-hydrogen) atoms. The summed E-state index contributed by atoms with van der Waals surface area (Å²) in [5.74, 6) is 1.19. The second kappa shape index (κ2) is 5.26. The first-order valence-corrected chi connectivity index (χ1v) is 6.38. The fourth-order valence-corrected chi connectivity index (χ4v) is 2.47. The minimum absolute atomic E-state index is 0.459. The SMILES string of the molecule is CCCCCC(C)(C)SCC1CO1. The number of epoxide rings is 1. The molecule has 1 aliphatic heterocycles. The van der Waals surface area contributed by atoms with Gasteiger partial charge in [0.05, 0.1) is 12.7 Å². The van der Waals surface area contributed by atoms with Crippen LogP contribution < -0.4 is 0 Å². The highest BCUT2D eigenvalue weighted by Gasteiger charge is 2.26. The summed E-state index contributed by atoms with van der Waals surface area (Å²) in [5.41, 5.74) is 0. The molecule has 2 heteroatoms. The van der Waals surface area contributed by atoms with E-state index in [9.17, 15) is 0 Å². The van der Waals surface area contributed by atoms with Crippen molar-refractivity contribution in [1.29, 1.82) is 0 Å². The van der Waals surface area contributed by atoms with E-state index in [1.165, 1.54) is 31.4 Å². The Hall–Kier alpha value is 0.310. The number of hydrogen-bond acceptors (Lipinski definition) is 2. The quantitative estimate of drug-likeness (QED) is 0.463. The van der Waals surface area contributed by atoms with Crippen LogP contribution in [0.5, 0.6) is 0 Å². The lowest BCUT2D eigenvalue weighted by Gasteiger charge is -2.23. The zero-order chi connectivity index (χ0) is 9.73. The molecule has 0 radical (unpaired) electrons. The van der Waals surface area contributed by atoms with Crippen LogP contribution in [0.15, 0.2) is 0 Å². The van der Waals surface area contributed by atoms with Gasteiger partial charge in [0.1, 0.15) is 0 Å². The monoisotopic (exact) mass is 202 g/mol. The topological polar surface area (TPSA) is 12.5 Å². The Morgan fingerprint density at radius 3 is 2.62 bits per heavy atom. The first-order chi connectivity index (χ1) is 6.14. The zero-order valence-electron chi connectivity index (χ0n) is 9.14. The van der Waals surface area contributed by atoms with Gasteiger partial charge in [0.25, 0.3) is 0 Å². The van der Waals surface area contributed by atoms with E-state index >= 15 is 0 Å². The predicted molar refractivity (Wildman–Crippen MR) is 60.4 cm³/mol. The van der Waals surface area contributed by atoms with Crippen molar-refractivity contribution in [2.24, 2.45) is 0 Å². The molecular formula is C11H22OS.